The zero-order valence-electron chi connectivity index (χ0n) is 12.3. The molecule has 0 unspecified atom stereocenters. The Balaban J connectivity index is 1.96. The van der Waals surface area contributed by atoms with Gasteiger partial charge in [0.1, 0.15) is 11.4 Å². The van der Waals surface area contributed by atoms with E-state index in [1.807, 2.05) is 25.1 Å². The lowest BCUT2D eigenvalue weighted by Crippen LogP contribution is -2.25. The van der Waals surface area contributed by atoms with Crippen LogP contribution in [0.5, 0.6) is 5.75 Å². The van der Waals surface area contributed by atoms with Crippen molar-refractivity contribution in [3.05, 3.63) is 35.0 Å². The van der Waals surface area contributed by atoms with Gasteiger partial charge in [-0.3, -0.25) is 9.89 Å². The standard InChI is InChI=1S/C16H19N3O2/c1-3-8-17-16(20)15-13-6-4-10-9-11(21-2)5-7-12(10)14(13)18-19-15/h5,7,9H,3-4,6,8H2,1-2H3,(H,17,20)(H,18,19). The average molecular weight is 285 g/mol. The van der Waals surface area contributed by atoms with E-state index in [1.165, 1.54) is 5.56 Å². The first-order valence-electron chi connectivity index (χ1n) is 7.27. The Bertz CT molecular complexity index is 676. The number of fused-ring (bicyclic) bond motifs is 3. The molecule has 0 aliphatic heterocycles. The fourth-order valence-corrected chi connectivity index (χ4v) is 2.74. The number of aromatic nitrogens is 2. The van der Waals surface area contributed by atoms with Crippen LogP contribution in [0.4, 0.5) is 0 Å². The average Bonchev–Trinajstić information content (AvgIpc) is 2.96. The van der Waals surface area contributed by atoms with E-state index >= 15 is 0 Å². The van der Waals surface area contributed by atoms with E-state index in [1.54, 1.807) is 7.11 Å². The lowest BCUT2D eigenvalue weighted by molar-refractivity contribution is 0.0947. The number of ether oxygens (including phenoxy) is 1. The highest BCUT2D eigenvalue weighted by atomic mass is 16.5. The third-order valence-electron chi connectivity index (χ3n) is 3.84. The minimum Gasteiger partial charge on any atom is -0.497 e. The van der Waals surface area contributed by atoms with Crippen molar-refractivity contribution in [2.24, 2.45) is 0 Å². The Hall–Kier alpha value is -2.30. The van der Waals surface area contributed by atoms with Gasteiger partial charge in [-0.1, -0.05) is 6.92 Å². The Morgan fingerprint density at radius 3 is 3.05 bits per heavy atom. The molecule has 1 aliphatic rings. The minimum absolute atomic E-state index is 0.0671. The number of nitrogens with zero attached hydrogens (tertiary/aromatic N) is 1. The van der Waals surface area contributed by atoms with Gasteiger partial charge in [-0.25, -0.2) is 0 Å². The molecule has 0 radical (unpaired) electrons. The summed E-state index contributed by atoms with van der Waals surface area (Å²) in [5, 5.41) is 10.2. The number of aromatic amines is 1. The van der Waals surface area contributed by atoms with Gasteiger partial charge in [-0.05, 0) is 43.0 Å². The van der Waals surface area contributed by atoms with Crippen molar-refractivity contribution in [1.82, 2.24) is 15.5 Å². The van der Waals surface area contributed by atoms with Gasteiger partial charge in [0, 0.05) is 17.7 Å². The fourth-order valence-electron chi connectivity index (χ4n) is 2.74. The summed E-state index contributed by atoms with van der Waals surface area (Å²) in [4.78, 5) is 12.1. The van der Waals surface area contributed by atoms with Gasteiger partial charge in [-0.2, -0.15) is 5.10 Å². The van der Waals surface area contributed by atoms with Gasteiger partial charge >= 0.3 is 0 Å². The number of aryl methyl sites for hydroxylation is 1. The highest BCUT2D eigenvalue weighted by molar-refractivity contribution is 5.96. The fraction of sp³-hybridized carbons (Fsp3) is 0.375. The number of hydrogen-bond donors (Lipinski definition) is 2. The van der Waals surface area contributed by atoms with Crippen LogP contribution in [-0.4, -0.2) is 29.8 Å². The van der Waals surface area contributed by atoms with Gasteiger partial charge in [0.05, 0.1) is 12.8 Å². The van der Waals surface area contributed by atoms with E-state index in [0.29, 0.717) is 12.2 Å². The molecule has 2 N–H and O–H groups in total. The topological polar surface area (TPSA) is 67.0 Å². The van der Waals surface area contributed by atoms with E-state index in [4.69, 9.17) is 4.74 Å². The van der Waals surface area contributed by atoms with E-state index in [0.717, 1.165) is 41.8 Å². The molecule has 2 aromatic rings. The summed E-state index contributed by atoms with van der Waals surface area (Å²) in [6, 6.07) is 5.99. The molecule has 21 heavy (non-hydrogen) atoms. The molecule has 5 heteroatoms. The molecule has 110 valence electrons. The van der Waals surface area contributed by atoms with Crippen LogP contribution >= 0.6 is 0 Å². The SMILES string of the molecule is CCCNC(=O)c1[nH]nc2c1CCc1cc(OC)ccc1-2. The van der Waals surface area contributed by atoms with Crippen LogP contribution in [0.25, 0.3) is 11.3 Å². The quantitative estimate of drug-likeness (QED) is 0.906. The van der Waals surface area contributed by atoms with Crippen LogP contribution in [0, 0.1) is 0 Å². The molecule has 1 amide bonds. The van der Waals surface area contributed by atoms with Crippen LogP contribution < -0.4 is 10.1 Å². The van der Waals surface area contributed by atoms with Crippen LogP contribution in [0.15, 0.2) is 18.2 Å². The first kappa shape index (κ1) is 13.7. The number of rotatable bonds is 4. The third kappa shape index (κ3) is 2.39. The van der Waals surface area contributed by atoms with E-state index in [9.17, 15) is 4.79 Å². The predicted octanol–water partition coefficient (Wildman–Crippen LogP) is 2.32. The highest BCUT2D eigenvalue weighted by Crippen LogP contribution is 2.35. The van der Waals surface area contributed by atoms with Gasteiger partial charge < -0.3 is 10.1 Å². The lowest BCUT2D eigenvalue weighted by Gasteiger charge is -2.16. The maximum Gasteiger partial charge on any atom is 0.269 e. The van der Waals surface area contributed by atoms with Crippen LogP contribution in [-0.2, 0) is 12.8 Å². The molecule has 5 nitrogen and oxygen atoms in total. The molecule has 0 saturated carbocycles. The minimum atomic E-state index is -0.0671. The first-order chi connectivity index (χ1) is 10.2. The molecule has 1 aromatic heterocycles. The van der Waals surface area contributed by atoms with Crippen molar-refractivity contribution < 1.29 is 9.53 Å². The molecule has 0 spiro atoms. The van der Waals surface area contributed by atoms with Crippen LogP contribution in [0.3, 0.4) is 0 Å². The second-order valence-corrected chi connectivity index (χ2v) is 5.20. The number of carbonyl (C=O) groups excluding carboxylic acids is 1. The summed E-state index contributed by atoms with van der Waals surface area (Å²) < 4.78 is 5.26. The Morgan fingerprint density at radius 1 is 1.43 bits per heavy atom. The van der Waals surface area contributed by atoms with E-state index in [2.05, 4.69) is 15.5 Å². The summed E-state index contributed by atoms with van der Waals surface area (Å²) in [6.45, 7) is 2.72. The summed E-state index contributed by atoms with van der Waals surface area (Å²) in [5.41, 5.74) is 4.80. The Labute approximate surface area is 123 Å². The van der Waals surface area contributed by atoms with Crippen molar-refractivity contribution in [2.45, 2.75) is 26.2 Å². The predicted molar refractivity (Wildman–Crippen MR) is 80.6 cm³/mol. The van der Waals surface area contributed by atoms with E-state index < -0.39 is 0 Å². The number of methoxy groups -OCH3 is 1. The lowest BCUT2D eigenvalue weighted by atomic mass is 9.89. The van der Waals surface area contributed by atoms with Crippen molar-refractivity contribution in [1.29, 1.82) is 0 Å². The monoisotopic (exact) mass is 285 g/mol. The summed E-state index contributed by atoms with van der Waals surface area (Å²) in [6.07, 6.45) is 2.64. The molecular formula is C16H19N3O2. The van der Waals surface area contributed by atoms with Gasteiger partial charge in [0.2, 0.25) is 0 Å². The highest BCUT2D eigenvalue weighted by Gasteiger charge is 2.25. The smallest absolute Gasteiger partial charge is 0.269 e. The van der Waals surface area contributed by atoms with Gasteiger partial charge in [-0.15, -0.1) is 0 Å². The zero-order valence-corrected chi connectivity index (χ0v) is 12.3. The Morgan fingerprint density at radius 2 is 2.29 bits per heavy atom. The molecule has 0 atom stereocenters. The molecule has 1 aliphatic carbocycles. The number of nitrogens with one attached hydrogen (secondary N) is 2. The van der Waals surface area contributed by atoms with Crippen molar-refractivity contribution in [3.8, 4) is 17.0 Å². The largest absolute Gasteiger partial charge is 0.497 e. The number of amides is 1. The second-order valence-electron chi connectivity index (χ2n) is 5.20. The molecular weight excluding hydrogens is 266 g/mol. The molecule has 0 fully saturated rings. The molecule has 0 saturated heterocycles. The number of benzene rings is 1. The van der Waals surface area contributed by atoms with Crippen LogP contribution in [0.1, 0.15) is 35.0 Å². The second kappa shape index (κ2) is 5.60. The van der Waals surface area contributed by atoms with Crippen molar-refractivity contribution >= 4 is 5.91 Å². The number of H-pyrrole nitrogens is 1. The number of hydrogen-bond acceptors (Lipinski definition) is 3. The van der Waals surface area contributed by atoms with Crippen molar-refractivity contribution in [2.75, 3.05) is 13.7 Å². The number of carbonyl (C=O) groups is 1. The summed E-state index contributed by atoms with van der Waals surface area (Å²) in [7, 11) is 1.67. The summed E-state index contributed by atoms with van der Waals surface area (Å²) in [5.74, 6) is 0.788. The van der Waals surface area contributed by atoms with Crippen LogP contribution in [0.2, 0.25) is 0 Å². The Kier molecular flexibility index (Phi) is 3.64. The molecule has 1 heterocycles. The molecule has 3 rings (SSSR count). The van der Waals surface area contributed by atoms with Crippen molar-refractivity contribution in [3.63, 3.8) is 0 Å². The normalized spacial score (nSPS) is 12.5. The third-order valence-corrected chi connectivity index (χ3v) is 3.84. The first-order valence-corrected chi connectivity index (χ1v) is 7.27. The van der Waals surface area contributed by atoms with E-state index in [-0.39, 0.29) is 5.91 Å². The maximum absolute atomic E-state index is 12.1. The summed E-state index contributed by atoms with van der Waals surface area (Å²) >= 11 is 0. The van der Waals surface area contributed by atoms with Gasteiger partial charge in [0.25, 0.3) is 5.91 Å². The zero-order chi connectivity index (χ0) is 14.8. The van der Waals surface area contributed by atoms with Gasteiger partial charge in [0.15, 0.2) is 0 Å². The maximum atomic E-state index is 12.1. The molecule has 1 aromatic carbocycles. The molecule has 0 bridgehead atoms.